The van der Waals surface area contributed by atoms with E-state index in [0.29, 0.717) is 18.4 Å². The highest BCUT2D eigenvalue weighted by molar-refractivity contribution is 6.07. The highest BCUT2D eigenvalue weighted by Gasteiger charge is 2.45. The molecule has 134 valence electrons. The van der Waals surface area contributed by atoms with E-state index in [1.807, 2.05) is 26.0 Å². The molecule has 2 rings (SSSR count). The molecular weight excluding hydrogens is 320 g/mol. The van der Waals surface area contributed by atoms with Crippen molar-refractivity contribution in [3.63, 3.8) is 0 Å². The predicted octanol–water partition coefficient (Wildman–Crippen LogP) is 3.05. The predicted molar refractivity (Wildman–Crippen MR) is 93.3 cm³/mol. The number of carboxylic acids is 1. The second-order valence-electron chi connectivity index (χ2n) is 6.62. The number of carbonyl (C=O) groups excluding carboxylic acids is 2. The average molecular weight is 344 g/mol. The van der Waals surface area contributed by atoms with Gasteiger partial charge in [-0.05, 0) is 37.3 Å². The first kappa shape index (κ1) is 18.9. The first-order valence-electron chi connectivity index (χ1n) is 8.40. The Hall–Kier alpha value is -2.43. The van der Waals surface area contributed by atoms with Gasteiger partial charge < -0.3 is 9.84 Å². The Morgan fingerprint density at radius 2 is 1.92 bits per heavy atom. The van der Waals surface area contributed by atoms with E-state index in [2.05, 4.69) is 6.58 Å². The Kier molecular flexibility index (Phi) is 5.77. The summed E-state index contributed by atoms with van der Waals surface area (Å²) >= 11 is 0. The maximum atomic E-state index is 13.2. The van der Waals surface area contributed by atoms with Crippen LogP contribution in [-0.4, -0.2) is 29.9 Å². The van der Waals surface area contributed by atoms with E-state index in [-0.39, 0.29) is 6.42 Å². The molecule has 1 aliphatic carbocycles. The third-order valence-corrected chi connectivity index (χ3v) is 4.90. The van der Waals surface area contributed by atoms with E-state index in [0.717, 1.165) is 16.7 Å². The zero-order valence-electron chi connectivity index (χ0n) is 14.9. The van der Waals surface area contributed by atoms with Gasteiger partial charge >= 0.3 is 11.9 Å². The molecule has 0 spiro atoms. The minimum atomic E-state index is -1.10. The summed E-state index contributed by atoms with van der Waals surface area (Å²) in [6.07, 6.45) is 1.24. The summed E-state index contributed by atoms with van der Waals surface area (Å²) in [4.78, 5) is 37.1. The summed E-state index contributed by atoms with van der Waals surface area (Å²) in [5, 5.41) is 9.43. The molecule has 3 unspecified atom stereocenters. The number of ether oxygens (including phenoxy) is 1. The van der Waals surface area contributed by atoms with Crippen LogP contribution in [0.3, 0.4) is 0 Å². The van der Waals surface area contributed by atoms with Gasteiger partial charge in [0.05, 0.1) is 13.0 Å². The quantitative estimate of drug-likeness (QED) is 0.487. The molecule has 5 heteroatoms. The van der Waals surface area contributed by atoms with Gasteiger partial charge in [-0.3, -0.25) is 14.4 Å². The number of hydrogen-bond acceptors (Lipinski definition) is 4. The standard InChI is InChI=1S/C20H24O5/c1-5-13-8-11(2)6-7-14(13)17(20(24)25-4)18(21)15-9-12(3)10-16(15)19(22)23/h6-8,15-17H,3,5,9-10H2,1-2,4H3,(H,22,23). The van der Waals surface area contributed by atoms with Crippen molar-refractivity contribution in [2.75, 3.05) is 7.11 Å². The van der Waals surface area contributed by atoms with Crippen molar-refractivity contribution in [3.8, 4) is 0 Å². The summed E-state index contributed by atoms with van der Waals surface area (Å²) in [7, 11) is 1.24. The van der Waals surface area contributed by atoms with E-state index < -0.39 is 35.5 Å². The van der Waals surface area contributed by atoms with Crippen molar-refractivity contribution < 1.29 is 24.2 Å². The second kappa shape index (κ2) is 7.64. The van der Waals surface area contributed by atoms with Crippen LogP contribution in [0.15, 0.2) is 30.4 Å². The van der Waals surface area contributed by atoms with Crippen LogP contribution < -0.4 is 0 Å². The molecule has 0 heterocycles. The zero-order valence-corrected chi connectivity index (χ0v) is 14.9. The molecule has 5 nitrogen and oxygen atoms in total. The number of aliphatic carboxylic acids is 1. The van der Waals surface area contributed by atoms with Crippen molar-refractivity contribution in [1.82, 2.24) is 0 Å². The van der Waals surface area contributed by atoms with Gasteiger partial charge in [-0.1, -0.05) is 42.8 Å². The normalized spacial score (nSPS) is 21.0. The van der Waals surface area contributed by atoms with Crippen LogP contribution >= 0.6 is 0 Å². The average Bonchev–Trinajstić information content (AvgIpc) is 2.98. The molecular formula is C20H24O5. The number of rotatable bonds is 6. The largest absolute Gasteiger partial charge is 0.481 e. The first-order valence-corrected chi connectivity index (χ1v) is 8.40. The van der Waals surface area contributed by atoms with Crippen LogP contribution in [0.1, 0.15) is 42.4 Å². The number of esters is 1. The van der Waals surface area contributed by atoms with Gasteiger partial charge in [0.25, 0.3) is 0 Å². The Labute approximate surface area is 147 Å². The number of carbonyl (C=O) groups is 3. The van der Waals surface area contributed by atoms with Gasteiger partial charge in [0.15, 0.2) is 5.78 Å². The van der Waals surface area contributed by atoms with E-state index in [1.165, 1.54) is 7.11 Å². The smallest absolute Gasteiger partial charge is 0.320 e. The van der Waals surface area contributed by atoms with Crippen LogP contribution in [0, 0.1) is 18.8 Å². The fourth-order valence-corrected chi connectivity index (χ4v) is 3.60. The topological polar surface area (TPSA) is 80.7 Å². The molecule has 1 saturated carbocycles. The van der Waals surface area contributed by atoms with Gasteiger partial charge in [-0.2, -0.15) is 0 Å². The molecule has 1 N–H and O–H groups in total. The third-order valence-electron chi connectivity index (χ3n) is 4.90. The van der Waals surface area contributed by atoms with Gasteiger partial charge in [-0.25, -0.2) is 0 Å². The zero-order chi connectivity index (χ0) is 18.7. The number of hydrogen-bond donors (Lipinski definition) is 1. The summed E-state index contributed by atoms with van der Waals surface area (Å²) in [6.45, 7) is 7.73. The summed E-state index contributed by atoms with van der Waals surface area (Å²) in [5.41, 5.74) is 3.27. The monoisotopic (exact) mass is 344 g/mol. The van der Waals surface area contributed by atoms with Crippen molar-refractivity contribution >= 4 is 17.7 Å². The molecule has 0 amide bonds. The van der Waals surface area contributed by atoms with Crippen LogP contribution in [0.2, 0.25) is 0 Å². The molecule has 1 fully saturated rings. The van der Waals surface area contributed by atoms with Gasteiger partial charge in [0.2, 0.25) is 0 Å². The molecule has 3 atom stereocenters. The Balaban J connectivity index is 2.48. The number of allylic oxidation sites excluding steroid dienone is 1. The Morgan fingerprint density at radius 3 is 2.48 bits per heavy atom. The SMILES string of the molecule is C=C1CC(C(=O)O)C(C(=O)C(C(=O)OC)c2ccc(C)cc2CC)C1. The van der Waals surface area contributed by atoms with E-state index in [9.17, 15) is 19.5 Å². The number of benzene rings is 1. The van der Waals surface area contributed by atoms with Crippen LogP contribution in [0.25, 0.3) is 0 Å². The minimum Gasteiger partial charge on any atom is -0.481 e. The van der Waals surface area contributed by atoms with E-state index in [1.54, 1.807) is 6.07 Å². The summed E-state index contributed by atoms with van der Waals surface area (Å²) in [5.74, 6) is -4.75. The van der Waals surface area contributed by atoms with Gasteiger partial charge in [0, 0.05) is 5.92 Å². The minimum absolute atomic E-state index is 0.272. The molecule has 0 aromatic heterocycles. The van der Waals surface area contributed by atoms with Gasteiger partial charge in [-0.15, -0.1) is 0 Å². The summed E-state index contributed by atoms with van der Waals surface area (Å²) < 4.78 is 4.87. The third kappa shape index (κ3) is 3.81. The van der Waals surface area contributed by atoms with Crippen LogP contribution in [-0.2, 0) is 25.5 Å². The number of carboxylic acid groups (broad SMARTS) is 1. The lowest BCUT2D eigenvalue weighted by Gasteiger charge is -2.22. The molecule has 0 saturated heterocycles. The summed E-state index contributed by atoms with van der Waals surface area (Å²) in [6, 6.07) is 5.56. The van der Waals surface area contributed by atoms with Crippen molar-refractivity contribution in [2.45, 2.75) is 39.0 Å². The molecule has 25 heavy (non-hydrogen) atoms. The van der Waals surface area contributed by atoms with E-state index in [4.69, 9.17) is 4.74 Å². The van der Waals surface area contributed by atoms with Crippen molar-refractivity contribution in [1.29, 1.82) is 0 Å². The number of methoxy groups -OCH3 is 1. The lowest BCUT2D eigenvalue weighted by atomic mass is 9.80. The molecule has 1 aromatic carbocycles. The van der Waals surface area contributed by atoms with Crippen LogP contribution in [0.4, 0.5) is 0 Å². The maximum Gasteiger partial charge on any atom is 0.320 e. The van der Waals surface area contributed by atoms with Crippen molar-refractivity contribution in [3.05, 3.63) is 47.0 Å². The first-order chi connectivity index (χ1) is 11.8. The molecule has 0 bridgehead atoms. The lowest BCUT2D eigenvalue weighted by Crippen LogP contribution is -2.34. The fraction of sp³-hybridized carbons (Fsp3) is 0.450. The molecule has 0 radical (unpaired) electrons. The molecule has 0 aliphatic heterocycles. The Morgan fingerprint density at radius 1 is 1.28 bits per heavy atom. The highest BCUT2D eigenvalue weighted by Crippen LogP contribution is 2.40. The van der Waals surface area contributed by atoms with Gasteiger partial charge in [0.1, 0.15) is 5.92 Å². The molecule has 1 aromatic rings. The number of Topliss-reactive ketones (excluding diaryl/α,β-unsaturated/α-hetero) is 1. The number of ketones is 1. The highest BCUT2D eigenvalue weighted by atomic mass is 16.5. The fourth-order valence-electron chi connectivity index (χ4n) is 3.60. The second-order valence-corrected chi connectivity index (χ2v) is 6.62. The Bertz CT molecular complexity index is 719. The number of aryl methyl sites for hydroxylation is 2. The molecule has 1 aliphatic rings. The lowest BCUT2D eigenvalue weighted by molar-refractivity contribution is -0.151. The van der Waals surface area contributed by atoms with Crippen LogP contribution in [0.5, 0.6) is 0 Å². The van der Waals surface area contributed by atoms with E-state index >= 15 is 0 Å². The maximum absolute atomic E-state index is 13.2. The van der Waals surface area contributed by atoms with Crippen molar-refractivity contribution in [2.24, 2.45) is 11.8 Å².